The number of fused-ring (bicyclic) bond motifs is 1. The Kier molecular flexibility index (Phi) is 2.95. The van der Waals surface area contributed by atoms with Gasteiger partial charge in [0, 0.05) is 16.6 Å². The van der Waals surface area contributed by atoms with E-state index in [-0.39, 0.29) is 5.69 Å². The molecule has 0 radical (unpaired) electrons. The van der Waals surface area contributed by atoms with E-state index in [0.29, 0.717) is 10.8 Å². The zero-order valence-electron chi connectivity index (χ0n) is 10.7. The van der Waals surface area contributed by atoms with E-state index < -0.39 is 5.97 Å². The minimum atomic E-state index is -0.999. The Balaban J connectivity index is 2.37. The number of aryl methyl sites for hydroxylation is 1. The molecule has 2 heterocycles. The van der Waals surface area contributed by atoms with E-state index in [9.17, 15) is 9.90 Å². The SMILES string of the molecule is Cc1ccnc(-n2c(C(=O)O)cc3cc(Cl)ccc32)c1. The van der Waals surface area contributed by atoms with Crippen molar-refractivity contribution >= 4 is 28.5 Å². The smallest absolute Gasteiger partial charge is 0.352 e. The fourth-order valence-corrected chi connectivity index (χ4v) is 2.41. The van der Waals surface area contributed by atoms with Crippen molar-refractivity contribution < 1.29 is 9.90 Å². The maximum Gasteiger partial charge on any atom is 0.352 e. The van der Waals surface area contributed by atoms with Crippen LogP contribution in [0.4, 0.5) is 0 Å². The summed E-state index contributed by atoms with van der Waals surface area (Å²) < 4.78 is 1.63. The van der Waals surface area contributed by atoms with Crippen molar-refractivity contribution in [1.82, 2.24) is 9.55 Å². The van der Waals surface area contributed by atoms with Crippen molar-refractivity contribution in [2.45, 2.75) is 6.92 Å². The molecule has 0 amide bonds. The lowest BCUT2D eigenvalue weighted by Crippen LogP contribution is -2.07. The summed E-state index contributed by atoms with van der Waals surface area (Å²) in [5.41, 5.74) is 1.95. The number of aromatic carboxylic acids is 1. The largest absolute Gasteiger partial charge is 0.477 e. The Morgan fingerprint density at radius 2 is 2.05 bits per heavy atom. The van der Waals surface area contributed by atoms with Gasteiger partial charge in [0.15, 0.2) is 0 Å². The number of rotatable bonds is 2. The average Bonchev–Trinajstić information content (AvgIpc) is 2.77. The molecule has 0 unspecified atom stereocenters. The topological polar surface area (TPSA) is 55.1 Å². The monoisotopic (exact) mass is 286 g/mol. The second-order valence-electron chi connectivity index (χ2n) is 4.56. The molecule has 5 heteroatoms. The fourth-order valence-electron chi connectivity index (χ4n) is 2.23. The zero-order chi connectivity index (χ0) is 14.3. The first kappa shape index (κ1) is 12.7. The Labute approximate surface area is 120 Å². The van der Waals surface area contributed by atoms with Crippen LogP contribution in [0.1, 0.15) is 16.1 Å². The summed E-state index contributed by atoms with van der Waals surface area (Å²) in [5.74, 6) is -0.416. The van der Waals surface area contributed by atoms with Crippen LogP contribution in [0, 0.1) is 6.92 Å². The molecule has 1 aromatic carbocycles. The van der Waals surface area contributed by atoms with Gasteiger partial charge in [0.05, 0.1) is 5.52 Å². The van der Waals surface area contributed by atoms with E-state index >= 15 is 0 Å². The van der Waals surface area contributed by atoms with Gasteiger partial charge in [0.25, 0.3) is 0 Å². The Hall–Kier alpha value is -2.33. The van der Waals surface area contributed by atoms with Crippen molar-refractivity contribution in [3.05, 3.63) is 58.9 Å². The molecule has 0 aliphatic carbocycles. The highest BCUT2D eigenvalue weighted by molar-refractivity contribution is 6.31. The predicted molar refractivity (Wildman–Crippen MR) is 77.8 cm³/mol. The molecule has 0 aliphatic heterocycles. The van der Waals surface area contributed by atoms with Gasteiger partial charge in [-0.05, 0) is 48.9 Å². The van der Waals surface area contributed by atoms with E-state index in [1.54, 1.807) is 35.0 Å². The second kappa shape index (κ2) is 4.65. The number of halogens is 1. The molecular weight excluding hydrogens is 276 g/mol. The van der Waals surface area contributed by atoms with E-state index in [4.69, 9.17) is 11.6 Å². The van der Waals surface area contributed by atoms with E-state index in [1.165, 1.54) is 0 Å². The van der Waals surface area contributed by atoms with Gasteiger partial charge in [-0.3, -0.25) is 4.57 Å². The molecule has 0 saturated heterocycles. The summed E-state index contributed by atoms with van der Waals surface area (Å²) >= 11 is 5.96. The van der Waals surface area contributed by atoms with E-state index in [0.717, 1.165) is 16.5 Å². The second-order valence-corrected chi connectivity index (χ2v) is 5.00. The van der Waals surface area contributed by atoms with Crippen LogP contribution >= 0.6 is 11.6 Å². The van der Waals surface area contributed by atoms with Crippen LogP contribution in [0.2, 0.25) is 5.02 Å². The van der Waals surface area contributed by atoms with Gasteiger partial charge in [-0.15, -0.1) is 0 Å². The molecule has 100 valence electrons. The molecule has 1 N–H and O–H groups in total. The third-order valence-electron chi connectivity index (χ3n) is 3.11. The summed E-state index contributed by atoms with van der Waals surface area (Å²) in [6.45, 7) is 1.94. The van der Waals surface area contributed by atoms with Crippen molar-refractivity contribution in [2.75, 3.05) is 0 Å². The van der Waals surface area contributed by atoms with Crippen LogP contribution in [0.5, 0.6) is 0 Å². The summed E-state index contributed by atoms with van der Waals surface area (Å²) in [4.78, 5) is 15.7. The van der Waals surface area contributed by atoms with E-state index in [1.807, 2.05) is 19.1 Å². The molecule has 0 fully saturated rings. The summed E-state index contributed by atoms with van der Waals surface area (Å²) in [5, 5.41) is 10.7. The van der Waals surface area contributed by atoms with Gasteiger partial charge >= 0.3 is 5.97 Å². The predicted octanol–water partition coefficient (Wildman–Crippen LogP) is 3.69. The Morgan fingerprint density at radius 3 is 2.75 bits per heavy atom. The number of hydrogen-bond donors (Lipinski definition) is 1. The normalized spacial score (nSPS) is 10.9. The summed E-state index contributed by atoms with van der Waals surface area (Å²) in [6, 6.07) is 10.6. The van der Waals surface area contributed by atoms with E-state index in [2.05, 4.69) is 4.98 Å². The Morgan fingerprint density at radius 1 is 1.25 bits per heavy atom. The van der Waals surface area contributed by atoms with Crippen molar-refractivity contribution in [2.24, 2.45) is 0 Å². The number of carboxylic acid groups (broad SMARTS) is 1. The lowest BCUT2D eigenvalue weighted by molar-refractivity contribution is 0.0688. The van der Waals surface area contributed by atoms with Crippen LogP contribution in [-0.4, -0.2) is 20.6 Å². The first-order valence-electron chi connectivity index (χ1n) is 6.03. The fraction of sp³-hybridized carbons (Fsp3) is 0.0667. The molecule has 0 aliphatic rings. The number of pyridine rings is 1. The number of carbonyl (C=O) groups is 1. The van der Waals surface area contributed by atoms with Gasteiger partial charge < -0.3 is 5.11 Å². The Bertz CT molecular complexity index is 824. The van der Waals surface area contributed by atoms with Crippen molar-refractivity contribution in [1.29, 1.82) is 0 Å². The highest BCUT2D eigenvalue weighted by Gasteiger charge is 2.17. The number of hydrogen-bond acceptors (Lipinski definition) is 2. The number of benzene rings is 1. The molecule has 0 saturated carbocycles. The first-order valence-corrected chi connectivity index (χ1v) is 6.41. The van der Waals surface area contributed by atoms with Crippen LogP contribution < -0.4 is 0 Å². The van der Waals surface area contributed by atoms with Gasteiger partial charge in [-0.25, -0.2) is 9.78 Å². The lowest BCUT2D eigenvalue weighted by Gasteiger charge is -2.08. The standard InChI is InChI=1S/C15H11ClN2O2/c1-9-4-5-17-14(6-9)18-12-3-2-11(16)7-10(12)8-13(18)15(19)20/h2-8H,1H3,(H,19,20). The van der Waals surface area contributed by atoms with Crippen LogP contribution in [0.3, 0.4) is 0 Å². The van der Waals surface area contributed by atoms with Gasteiger partial charge in [-0.1, -0.05) is 11.6 Å². The van der Waals surface area contributed by atoms with Crippen molar-refractivity contribution in [3.8, 4) is 5.82 Å². The molecule has 4 nitrogen and oxygen atoms in total. The molecule has 3 rings (SSSR count). The highest BCUT2D eigenvalue weighted by Crippen LogP contribution is 2.26. The number of carboxylic acids is 1. The average molecular weight is 287 g/mol. The third kappa shape index (κ3) is 2.04. The first-order chi connectivity index (χ1) is 9.56. The number of nitrogens with zero attached hydrogens (tertiary/aromatic N) is 2. The quantitative estimate of drug-likeness (QED) is 0.782. The molecule has 0 bridgehead atoms. The number of aromatic nitrogens is 2. The summed E-state index contributed by atoms with van der Waals surface area (Å²) in [7, 11) is 0. The minimum Gasteiger partial charge on any atom is -0.477 e. The van der Waals surface area contributed by atoms with Gasteiger partial charge in [-0.2, -0.15) is 0 Å². The molecule has 0 atom stereocenters. The lowest BCUT2D eigenvalue weighted by atomic mass is 10.2. The van der Waals surface area contributed by atoms with Gasteiger partial charge in [0.2, 0.25) is 0 Å². The van der Waals surface area contributed by atoms with Crippen LogP contribution in [0.15, 0.2) is 42.6 Å². The van der Waals surface area contributed by atoms with Crippen LogP contribution in [0.25, 0.3) is 16.7 Å². The highest BCUT2D eigenvalue weighted by atomic mass is 35.5. The maximum atomic E-state index is 11.5. The molecule has 2 aromatic heterocycles. The minimum absolute atomic E-state index is 0.167. The molecule has 20 heavy (non-hydrogen) atoms. The summed E-state index contributed by atoms with van der Waals surface area (Å²) in [6.07, 6.45) is 1.66. The third-order valence-corrected chi connectivity index (χ3v) is 3.35. The zero-order valence-corrected chi connectivity index (χ0v) is 11.4. The van der Waals surface area contributed by atoms with Crippen molar-refractivity contribution in [3.63, 3.8) is 0 Å². The molecular formula is C15H11ClN2O2. The van der Waals surface area contributed by atoms with Crippen LogP contribution in [-0.2, 0) is 0 Å². The molecule has 0 spiro atoms. The maximum absolute atomic E-state index is 11.5. The van der Waals surface area contributed by atoms with Gasteiger partial charge in [0.1, 0.15) is 11.5 Å². The molecule has 3 aromatic rings.